The lowest BCUT2D eigenvalue weighted by molar-refractivity contribution is -0.137. The highest BCUT2D eigenvalue weighted by atomic mass is 32.2. The van der Waals surface area contributed by atoms with E-state index in [1.54, 1.807) is 6.92 Å². The second-order valence-corrected chi connectivity index (χ2v) is 6.80. The quantitative estimate of drug-likeness (QED) is 0.712. The van der Waals surface area contributed by atoms with E-state index < -0.39 is 21.7 Å². The zero-order valence-corrected chi connectivity index (χ0v) is 12.5. The molecular weight excluding hydrogens is 268 g/mol. The molecule has 1 saturated carbocycles. The number of ether oxygens (including phenoxy) is 1. The molecule has 0 radical (unpaired) electrons. The summed E-state index contributed by atoms with van der Waals surface area (Å²) >= 11 is 0. The van der Waals surface area contributed by atoms with Gasteiger partial charge in [0.05, 0.1) is 7.11 Å². The van der Waals surface area contributed by atoms with Crippen LogP contribution >= 0.6 is 0 Å². The number of sulfonamides is 1. The molecule has 0 aliphatic heterocycles. The molecule has 0 spiro atoms. The Kier molecular flexibility index (Phi) is 6.22. The van der Waals surface area contributed by atoms with Crippen LogP contribution in [0.1, 0.15) is 32.6 Å². The second-order valence-electron chi connectivity index (χ2n) is 4.88. The molecule has 112 valence electrons. The van der Waals surface area contributed by atoms with E-state index in [1.807, 2.05) is 0 Å². The molecule has 1 aliphatic carbocycles. The topological polar surface area (TPSA) is 89.7 Å². The average molecular weight is 292 g/mol. The highest BCUT2D eigenvalue weighted by Gasteiger charge is 2.36. The summed E-state index contributed by atoms with van der Waals surface area (Å²) in [6, 6.07) is -0.0848. The number of carbonyl (C=O) groups excluding carboxylic acids is 1. The van der Waals surface area contributed by atoms with Crippen molar-refractivity contribution >= 4 is 16.0 Å². The van der Waals surface area contributed by atoms with E-state index >= 15 is 0 Å². The summed E-state index contributed by atoms with van der Waals surface area (Å²) in [5, 5.41) is 0. The first-order valence-electron chi connectivity index (χ1n) is 6.72. The zero-order valence-electron chi connectivity index (χ0n) is 11.7. The maximum absolute atomic E-state index is 12.3. The van der Waals surface area contributed by atoms with Gasteiger partial charge in [-0.3, -0.25) is 4.79 Å². The monoisotopic (exact) mass is 292 g/mol. The first kappa shape index (κ1) is 16.4. The van der Waals surface area contributed by atoms with Gasteiger partial charge in [-0.1, -0.05) is 19.8 Å². The molecule has 0 aromatic carbocycles. The van der Waals surface area contributed by atoms with Crippen LogP contribution in [0.4, 0.5) is 0 Å². The van der Waals surface area contributed by atoms with Crippen LogP contribution in [0.15, 0.2) is 0 Å². The van der Waals surface area contributed by atoms with Crippen molar-refractivity contribution in [3.8, 4) is 0 Å². The SMILES string of the molecule is CCN(C1CCCCC1CN)S(=O)(=O)CC(=O)OC. The molecule has 0 bridgehead atoms. The van der Waals surface area contributed by atoms with Gasteiger partial charge in [0.25, 0.3) is 0 Å². The maximum atomic E-state index is 12.3. The Labute approximate surface area is 115 Å². The fourth-order valence-electron chi connectivity index (χ4n) is 2.77. The van der Waals surface area contributed by atoms with Crippen LogP contribution in [0.5, 0.6) is 0 Å². The lowest BCUT2D eigenvalue weighted by Gasteiger charge is -2.38. The molecule has 0 heterocycles. The summed E-state index contributed by atoms with van der Waals surface area (Å²) in [5.41, 5.74) is 5.74. The smallest absolute Gasteiger partial charge is 0.322 e. The van der Waals surface area contributed by atoms with Crippen LogP contribution in [-0.2, 0) is 19.6 Å². The van der Waals surface area contributed by atoms with Gasteiger partial charge in [-0.15, -0.1) is 0 Å². The van der Waals surface area contributed by atoms with Gasteiger partial charge >= 0.3 is 5.97 Å². The maximum Gasteiger partial charge on any atom is 0.322 e. The summed E-state index contributed by atoms with van der Waals surface area (Å²) in [6.45, 7) is 2.63. The van der Waals surface area contributed by atoms with Gasteiger partial charge in [-0.05, 0) is 25.3 Å². The molecule has 1 aliphatic rings. The van der Waals surface area contributed by atoms with Gasteiger partial charge in [-0.2, -0.15) is 4.31 Å². The molecular formula is C12H24N2O4S. The van der Waals surface area contributed by atoms with Crippen molar-refractivity contribution < 1.29 is 17.9 Å². The van der Waals surface area contributed by atoms with Gasteiger partial charge < -0.3 is 10.5 Å². The number of nitrogens with two attached hydrogens (primary N) is 1. The summed E-state index contributed by atoms with van der Waals surface area (Å²) < 4.78 is 30.4. The van der Waals surface area contributed by atoms with Crippen LogP contribution in [-0.4, -0.2) is 50.7 Å². The van der Waals surface area contributed by atoms with Crippen LogP contribution in [0.2, 0.25) is 0 Å². The van der Waals surface area contributed by atoms with Crippen molar-refractivity contribution in [3.63, 3.8) is 0 Å². The van der Waals surface area contributed by atoms with Crippen molar-refractivity contribution in [3.05, 3.63) is 0 Å². The van der Waals surface area contributed by atoms with E-state index in [4.69, 9.17) is 5.73 Å². The fraction of sp³-hybridized carbons (Fsp3) is 0.917. The van der Waals surface area contributed by atoms with Crippen molar-refractivity contribution in [2.45, 2.75) is 38.6 Å². The molecule has 2 N–H and O–H groups in total. The van der Waals surface area contributed by atoms with Crippen LogP contribution < -0.4 is 5.73 Å². The largest absolute Gasteiger partial charge is 0.468 e. The number of methoxy groups -OCH3 is 1. The van der Waals surface area contributed by atoms with Gasteiger partial charge in [0.1, 0.15) is 0 Å². The van der Waals surface area contributed by atoms with Gasteiger partial charge in [0.2, 0.25) is 10.0 Å². The van der Waals surface area contributed by atoms with Crippen LogP contribution in [0, 0.1) is 5.92 Å². The highest BCUT2D eigenvalue weighted by molar-refractivity contribution is 7.89. The summed E-state index contributed by atoms with van der Waals surface area (Å²) in [7, 11) is -2.43. The normalized spacial score (nSPS) is 24.4. The van der Waals surface area contributed by atoms with Gasteiger partial charge in [-0.25, -0.2) is 8.42 Å². The predicted molar refractivity (Wildman–Crippen MR) is 73.0 cm³/mol. The van der Waals surface area contributed by atoms with Gasteiger partial charge in [0, 0.05) is 12.6 Å². The molecule has 7 heteroatoms. The number of rotatable bonds is 6. The number of hydrogen-bond acceptors (Lipinski definition) is 5. The van der Waals surface area contributed by atoms with E-state index in [-0.39, 0.29) is 12.0 Å². The van der Waals surface area contributed by atoms with E-state index in [0.29, 0.717) is 13.1 Å². The highest BCUT2D eigenvalue weighted by Crippen LogP contribution is 2.29. The second kappa shape index (κ2) is 7.21. The molecule has 2 unspecified atom stereocenters. The van der Waals surface area contributed by atoms with Crippen molar-refractivity contribution in [1.29, 1.82) is 0 Å². The molecule has 6 nitrogen and oxygen atoms in total. The lowest BCUT2D eigenvalue weighted by Crippen LogP contribution is -2.49. The van der Waals surface area contributed by atoms with Crippen molar-refractivity contribution in [2.75, 3.05) is 26.0 Å². The van der Waals surface area contributed by atoms with E-state index in [0.717, 1.165) is 25.7 Å². The van der Waals surface area contributed by atoms with Crippen LogP contribution in [0.3, 0.4) is 0 Å². The molecule has 19 heavy (non-hydrogen) atoms. The van der Waals surface area contributed by atoms with Crippen LogP contribution in [0.25, 0.3) is 0 Å². The molecule has 2 atom stereocenters. The summed E-state index contributed by atoms with van der Waals surface area (Å²) in [5.74, 6) is -1.13. The fourth-order valence-corrected chi connectivity index (χ4v) is 4.44. The Hall–Kier alpha value is -0.660. The minimum absolute atomic E-state index is 0.0848. The zero-order chi connectivity index (χ0) is 14.5. The number of hydrogen-bond donors (Lipinski definition) is 1. The third-order valence-corrected chi connectivity index (χ3v) is 5.58. The standard InChI is InChI=1S/C12H24N2O4S/c1-3-14(19(16,17)9-12(15)18-2)11-7-5-4-6-10(11)8-13/h10-11H,3-9,13H2,1-2H3. The Morgan fingerprint density at radius 3 is 2.53 bits per heavy atom. The molecule has 0 amide bonds. The third-order valence-electron chi connectivity index (χ3n) is 3.74. The molecule has 1 rings (SSSR count). The minimum atomic E-state index is -3.62. The lowest BCUT2D eigenvalue weighted by atomic mass is 9.84. The Balaban J connectivity index is 2.88. The van der Waals surface area contributed by atoms with E-state index in [2.05, 4.69) is 4.74 Å². The Morgan fingerprint density at radius 2 is 2.00 bits per heavy atom. The van der Waals surface area contributed by atoms with Crippen molar-refractivity contribution in [1.82, 2.24) is 4.31 Å². The summed E-state index contributed by atoms with van der Waals surface area (Å²) in [6.07, 6.45) is 3.86. The Morgan fingerprint density at radius 1 is 1.37 bits per heavy atom. The van der Waals surface area contributed by atoms with Crippen molar-refractivity contribution in [2.24, 2.45) is 11.7 Å². The number of nitrogens with zero attached hydrogens (tertiary/aromatic N) is 1. The van der Waals surface area contributed by atoms with E-state index in [9.17, 15) is 13.2 Å². The Bertz CT molecular complexity index is 397. The first-order valence-corrected chi connectivity index (χ1v) is 8.33. The molecule has 0 saturated heterocycles. The third kappa shape index (κ3) is 4.15. The summed E-state index contributed by atoms with van der Waals surface area (Å²) in [4.78, 5) is 11.2. The number of carbonyl (C=O) groups is 1. The van der Waals surface area contributed by atoms with Gasteiger partial charge in [0.15, 0.2) is 5.75 Å². The molecule has 0 aromatic rings. The molecule has 1 fully saturated rings. The first-order chi connectivity index (χ1) is 8.96. The minimum Gasteiger partial charge on any atom is -0.468 e. The molecule has 0 aromatic heterocycles. The average Bonchev–Trinajstić information content (AvgIpc) is 2.39. The number of esters is 1. The van der Waals surface area contributed by atoms with E-state index in [1.165, 1.54) is 11.4 Å². The predicted octanol–water partition coefficient (Wildman–Crippen LogP) is 0.329.